The molecule has 2 N–H and O–H groups in total. The highest BCUT2D eigenvalue weighted by Gasteiger charge is 2.58. The number of ether oxygens (including phenoxy) is 5. The van der Waals surface area contributed by atoms with Gasteiger partial charge in [-0.25, -0.2) is 4.79 Å². The summed E-state index contributed by atoms with van der Waals surface area (Å²) in [4.78, 5) is 25.6. The molecule has 0 saturated carbocycles. The molecule has 2 aromatic carbocycles. The number of benzene rings is 2. The summed E-state index contributed by atoms with van der Waals surface area (Å²) in [6, 6.07) is 14.8. The lowest BCUT2D eigenvalue weighted by molar-refractivity contribution is -0.477. The van der Waals surface area contributed by atoms with Crippen molar-refractivity contribution < 1.29 is 38.4 Å². The first-order valence-corrected chi connectivity index (χ1v) is 12.9. The number of aliphatic hydroxyl groups excluding tert-OH is 1. The number of hydrogen-bond acceptors (Lipinski definition) is 8. The van der Waals surface area contributed by atoms with E-state index in [0.29, 0.717) is 19.8 Å². The smallest absolute Gasteiger partial charge is 0.407 e. The van der Waals surface area contributed by atoms with Crippen molar-refractivity contribution in [2.45, 2.75) is 63.8 Å². The number of alkyl carbamates (subject to hydrolysis) is 1. The number of aliphatic hydroxyl groups is 1. The van der Waals surface area contributed by atoms with Crippen LogP contribution in [0.3, 0.4) is 0 Å². The Labute approximate surface area is 222 Å². The van der Waals surface area contributed by atoms with E-state index in [1.54, 1.807) is 20.8 Å². The Hall–Kier alpha value is -2.98. The number of esters is 1. The van der Waals surface area contributed by atoms with Crippen molar-refractivity contribution in [3.63, 3.8) is 0 Å². The van der Waals surface area contributed by atoms with Gasteiger partial charge in [-0.2, -0.15) is 0 Å². The van der Waals surface area contributed by atoms with E-state index in [-0.39, 0.29) is 17.9 Å². The average molecular weight is 526 g/mol. The summed E-state index contributed by atoms with van der Waals surface area (Å²) in [6.45, 7) is 8.20. The number of amides is 1. The Kier molecular flexibility index (Phi) is 6.98. The minimum atomic E-state index is -1.75. The van der Waals surface area contributed by atoms with E-state index in [9.17, 15) is 14.7 Å². The zero-order valence-electron chi connectivity index (χ0n) is 22.2. The van der Waals surface area contributed by atoms with E-state index in [4.69, 9.17) is 23.7 Å². The molecule has 0 spiro atoms. The number of fused-ring (bicyclic) bond motifs is 6. The van der Waals surface area contributed by atoms with E-state index in [2.05, 4.69) is 17.4 Å². The Morgan fingerprint density at radius 2 is 1.53 bits per heavy atom. The molecule has 3 fully saturated rings. The summed E-state index contributed by atoms with van der Waals surface area (Å²) in [5.41, 5.74) is 3.33. The quantitative estimate of drug-likeness (QED) is 0.526. The number of nitrogens with one attached hydrogen (secondary N) is 1. The fourth-order valence-electron chi connectivity index (χ4n) is 5.20. The fraction of sp³-hybridized carbons (Fsp3) is 0.517. The van der Waals surface area contributed by atoms with Gasteiger partial charge in [-0.3, -0.25) is 4.79 Å². The monoisotopic (exact) mass is 525 g/mol. The van der Waals surface area contributed by atoms with E-state index in [1.807, 2.05) is 43.3 Å². The van der Waals surface area contributed by atoms with Crippen LogP contribution in [0.1, 0.15) is 51.2 Å². The van der Waals surface area contributed by atoms with Gasteiger partial charge in [0.25, 0.3) is 0 Å². The fourth-order valence-corrected chi connectivity index (χ4v) is 5.20. The first-order valence-electron chi connectivity index (χ1n) is 12.9. The van der Waals surface area contributed by atoms with Crippen molar-refractivity contribution >= 4 is 12.1 Å². The molecule has 38 heavy (non-hydrogen) atoms. The molecular weight excluding hydrogens is 490 g/mol. The Morgan fingerprint density at radius 1 is 1.00 bits per heavy atom. The molecule has 3 aliphatic heterocycles. The molecule has 2 bridgehead atoms. The number of carbonyl (C=O) groups excluding carboxylic acids is 2. The summed E-state index contributed by atoms with van der Waals surface area (Å²) in [7, 11) is 0. The van der Waals surface area contributed by atoms with Crippen LogP contribution in [0.5, 0.6) is 0 Å². The lowest BCUT2D eigenvalue weighted by atomic mass is 9.90. The summed E-state index contributed by atoms with van der Waals surface area (Å²) in [6.07, 6.45) is -2.61. The van der Waals surface area contributed by atoms with Gasteiger partial charge in [0.15, 0.2) is 0 Å². The molecule has 0 aromatic heterocycles. The minimum absolute atomic E-state index is 0.0857. The Morgan fingerprint density at radius 3 is 2.05 bits per heavy atom. The van der Waals surface area contributed by atoms with Crippen LogP contribution in [0, 0.1) is 5.41 Å². The van der Waals surface area contributed by atoms with Crippen LogP contribution < -0.4 is 5.32 Å². The topological polar surface area (TPSA) is 113 Å². The summed E-state index contributed by atoms with van der Waals surface area (Å²) in [5.74, 6) is -2.51. The molecule has 2 atom stereocenters. The first-order chi connectivity index (χ1) is 18.0. The normalized spacial score (nSPS) is 25.7. The summed E-state index contributed by atoms with van der Waals surface area (Å²) in [5, 5.41) is 13.7. The third kappa shape index (κ3) is 5.29. The van der Waals surface area contributed by atoms with E-state index < -0.39 is 42.2 Å². The highest BCUT2D eigenvalue weighted by molar-refractivity contribution is 5.79. The van der Waals surface area contributed by atoms with Gasteiger partial charge in [-0.15, -0.1) is 0 Å². The molecule has 9 nitrogen and oxygen atoms in total. The van der Waals surface area contributed by atoms with Crippen LogP contribution in [-0.2, 0) is 28.5 Å². The van der Waals surface area contributed by atoms with Crippen molar-refractivity contribution in [1.82, 2.24) is 5.32 Å². The van der Waals surface area contributed by atoms with Crippen molar-refractivity contribution in [1.29, 1.82) is 0 Å². The largest absolute Gasteiger partial charge is 0.460 e. The van der Waals surface area contributed by atoms with Gasteiger partial charge in [-0.1, -0.05) is 55.5 Å². The molecule has 0 radical (unpaired) electrons. The van der Waals surface area contributed by atoms with Gasteiger partial charge in [0.05, 0.1) is 32.3 Å². The van der Waals surface area contributed by atoms with Crippen LogP contribution in [-0.4, -0.2) is 67.3 Å². The molecule has 0 unspecified atom stereocenters. The molecule has 2 aromatic rings. The van der Waals surface area contributed by atoms with Gasteiger partial charge < -0.3 is 34.1 Å². The lowest BCUT2D eigenvalue weighted by Gasteiger charge is -2.53. The van der Waals surface area contributed by atoms with Crippen LogP contribution in [0.15, 0.2) is 48.5 Å². The predicted molar refractivity (Wildman–Crippen MR) is 137 cm³/mol. The maximum absolute atomic E-state index is 13.1. The molecule has 4 aliphatic rings. The SMILES string of the molecule is CC12COC([C@@H](NC(=O)OCC3c4ccccc4-c4ccccc43)[C@H](O)CC(=O)OC(C)(C)C)(OC1)OC2. The number of rotatable bonds is 7. The highest BCUT2D eigenvalue weighted by atomic mass is 16.9. The van der Waals surface area contributed by atoms with Crippen molar-refractivity contribution in [2.24, 2.45) is 5.41 Å². The third-order valence-electron chi connectivity index (χ3n) is 7.04. The molecule has 1 aliphatic carbocycles. The molecule has 1 amide bonds. The second kappa shape index (κ2) is 9.96. The van der Waals surface area contributed by atoms with E-state index in [0.717, 1.165) is 22.3 Å². The molecule has 9 heteroatoms. The highest BCUT2D eigenvalue weighted by Crippen LogP contribution is 2.45. The van der Waals surface area contributed by atoms with Crippen LogP contribution in [0.4, 0.5) is 4.79 Å². The molecular formula is C29H35NO8. The van der Waals surface area contributed by atoms with Crippen molar-refractivity contribution in [2.75, 3.05) is 26.4 Å². The Bertz CT molecular complexity index is 1140. The van der Waals surface area contributed by atoms with Gasteiger partial charge in [0.2, 0.25) is 0 Å². The zero-order chi connectivity index (χ0) is 27.1. The first kappa shape index (κ1) is 26.6. The van der Waals surface area contributed by atoms with Crippen LogP contribution >= 0.6 is 0 Å². The molecule has 3 heterocycles. The third-order valence-corrected chi connectivity index (χ3v) is 7.04. The van der Waals surface area contributed by atoms with Gasteiger partial charge in [-0.05, 0) is 43.0 Å². The van der Waals surface area contributed by atoms with Crippen LogP contribution in [0.2, 0.25) is 0 Å². The molecule has 204 valence electrons. The van der Waals surface area contributed by atoms with E-state index in [1.165, 1.54) is 0 Å². The van der Waals surface area contributed by atoms with Gasteiger partial charge in [0, 0.05) is 11.3 Å². The second-order valence-electron chi connectivity index (χ2n) is 11.6. The van der Waals surface area contributed by atoms with Crippen molar-refractivity contribution in [3.05, 3.63) is 59.7 Å². The van der Waals surface area contributed by atoms with Crippen molar-refractivity contribution in [3.8, 4) is 11.1 Å². The predicted octanol–water partition coefficient (Wildman–Crippen LogP) is 3.72. The minimum Gasteiger partial charge on any atom is -0.460 e. The zero-order valence-corrected chi connectivity index (χ0v) is 22.2. The van der Waals surface area contributed by atoms with E-state index >= 15 is 0 Å². The average Bonchev–Trinajstić information content (AvgIpc) is 3.19. The summed E-state index contributed by atoms with van der Waals surface area (Å²) >= 11 is 0. The lowest BCUT2D eigenvalue weighted by Crippen LogP contribution is -2.70. The number of hydrogen-bond donors (Lipinski definition) is 2. The van der Waals surface area contributed by atoms with Gasteiger partial charge >= 0.3 is 18.0 Å². The summed E-state index contributed by atoms with van der Waals surface area (Å²) < 4.78 is 28.7. The van der Waals surface area contributed by atoms with Gasteiger partial charge in [0.1, 0.15) is 18.2 Å². The standard InChI is InChI=1S/C29H35NO8/c1-27(2,3)38-24(32)13-23(31)25(29-35-15-28(4,16-36-29)17-37-29)30-26(33)34-14-22-20-11-7-5-9-18(20)19-10-6-8-12-21(19)22/h5-12,22-23,25,31H,13-17H2,1-4H3,(H,30,33)/t23-,25+,28?,29?/m1/s1. The number of carbonyl (C=O) groups is 2. The van der Waals surface area contributed by atoms with Crippen LogP contribution in [0.25, 0.3) is 11.1 Å². The maximum Gasteiger partial charge on any atom is 0.407 e. The molecule has 6 rings (SSSR count). The molecule has 3 saturated heterocycles. The Balaban J connectivity index is 1.31. The second-order valence-corrected chi connectivity index (χ2v) is 11.6. The maximum atomic E-state index is 13.1.